The lowest BCUT2D eigenvalue weighted by Gasteiger charge is -2.26. The Balaban J connectivity index is 2.14. The van der Waals surface area contributed by atoms with E-state index in [1.54, 1.807) is 0 Å². The lowest BCUT2D eigenvalue weighted by atomic mass is 10.4. The van der Waals surface area contributed by atoms with E-state index in [0.29, 0.717) is 31.1 Å². The van der Waals surface area contributed by atoms with Crippen molar-refractivity contribution in [3.8, 4) is 12.3 Å². The van der Waals surface area contributed by atoms with E-state index in [9.17, 15) is 8.42 Å². The van der Waals surface area contributed by atoms with Gasteiger partial charge in [0.2, 0.25) is 0 Å². The Bertz CT molecular complexity index is 291. The molecule has 0 unspecified atom stereocenters. The Hall–Kier alpha value is -0.570. The van der Waals surface area contributed by atoms with E-state index >= 15 is 0 Å². The molecule has 1 N–H and O–H groups in total. The summed E-state index contributed by atoms with van der Waals surface area (Å²) in [6, 6.07) is 0. The maximum atomic E-state index is 11.1. The second-order valence-corrected chi connectivity index (χ2v) is 5.68. The van der Waals surface area contributed by atoms with Gasteiger partial charge < -0.3 is 10.2 Å². The summed E-state index contributed by atoms with van der Waals surface area (Å²) in [5.41, 5.74) is 0. The number of rotatable bonds is 4. The minimum Gasteiger partial charge on any atom is -0.305 e. The fraction of sp³-hybridized carbons (Fsp3) is 0.778. The van der Waals surface area contributed by atoms with Gasteiger partial charge in [-0.05, 0) is 0 Å². The SMILES string of the molecule is C#CCNCCN1CCS(=O)(=O)CC1. The highest BCUT2D eigenvalue weighted by Gasteiger charge is 2.20. The van der Waals surface area contributed by atoms with Gasteiger partial charge in [-0.25, -0.2) is 8.42 Å². The van der Waals surface area contributed by atoms with Crippen LogP contribution in [0.2, 0.25) is 0 Å². The Morgan fingerprint density at radius 3 is 2.57 bits per heavy atom. The molecule has 1 saturated heterocycles. The Morgan fingerprint density at radius 1 is 1.36 bits per heavy atom. The first-order chi connectivity index (χ1) is 6.64. The van der Waals surface area contributed by atoms with Gasteiger partial charge in [0.1, 0.15) is 0 Å². The average Bonchev–Trinajstić information content (AvgIpc) is 2.15. The predicted octanol–water partition coefficient (Wildman–Crippen LogP) is -1.06. The van der Waals surface area contributed by atoms with Crippen LogP contribution in [0.1, 0.15) is 0 Å². The number of nitrogens with one attached hydrogen (secondary N) is 1. The monoisotopic (exact) mass is 216 g/mol. The third-order valence-corrected chi connectivity index (χ3v) is 3.88. The lowest BCUT2D eigenvalue weighted by Crippen LogP contribution is -2.43. The zero-order chi connectivity index (χ0) is 10.4. The molecule has 0 amide bonds. The zero-order valence-electron chi connectivity index (χ0n) is 8.20. The van der Waals surface area contributed by atoms with Gasteiger partial charge >= 0.3 is 0 Å². The van der Waals surface area contributed by atoms with Crippen LogP contribution in [0, 0.1) is 12.3 Å². The smallest absolute Gasteiger partial charge is 0.152 e. The average molecular weight is 216 g/mol. The molecule has 0 aliphatic carbocycles. The molecule has 14 heavy (non-hydrogen) atoms. The van der Waals surface area contributed by atoms with Crippen LogP contribution in [0.3, 0.4) is 0 Å². The number of terminal acetylenes is 1. The van der Waals surface area contributed by atoms with Crippen LogP contribution in [-0.2, 0) is 9.84 Å². The maximum Gasteiger partial charge on any atom is 0.152 e. The number of hydrogen-bond donors (Lipinski definition) is 1. The van der Waals surface area contributed by atoms with Gasteiger partial charge in [-0.1, -0.05) is 5.92 Å². The first-order valence-electron chi connectivity index (χ1n) is 4.71. The van der Waals surface area contributed by atoms with Gasteiger partial charge in [0.05, 0.1) is 18.1 Å². The Labute approximate surface area is 85.6 Å². The van der Waals surface area contributed by atoms with Gasteiger partial charge in [0.25, 0.3) is 0 Å². The molecule has 0 aromatic heterocycles. The van der Waals surface area contributed by atoms with Crippen LogP contribution in [0.5, 0.6) is 0 Å². The summed E-state index contributed by atoms with van der Waals surface area (Å²) in [5.74, 6) is 3.08. The van der Waals surface area contributed by atoms with Gasteiger partial charge in [-0.2, -0.15) is 0 Å². The second-order valence-electron chi connectivity index (χ2n) is 3.37. The van der Waals surface area contributed by atoms with Gasteiger partial charge in [0, 0.05) is 26.2 Å². The molecule has 0 spiro atoms. The molecule has 1 heterocycles. The summed E-state index contributed by atoms with van der Waals surface area (Å²) >= 11 is 0. The molecule has 4 nitrogen and oxygen atoms in total. The summed E-state index contributed by atoms with van der Waals surface area (Å²) < 4.78 is 22.2. The zero-order valence-corrected chi connectivity index (χ0v) is 9.02. The van der Waals surface area contributed by atoms with Gasteiger partial charge in [-0.3, -0.25) is 0 Å². The molecule has 0 bridgehead atoms. The molecule has 1 fully saturated rings. The minimum atomic E-state index is -2.75. The second kappa shape index (κ2) is 5.35. The van der Waals surface area contributed by atoms with Crippen molar-refractivity contribution in [2.75, 3.05) is 44.2 Å². The first kappa shape index (κ1) is 11.5. The van der Waals surface area contributed by atoms with E-state index in [1.165, 1.54) is 0 Å². The highest BCUT2D eigenvalue weighted by atomic mass is 32.2. The number of hydrogen-bond acceptors (Lipinski definition) is 4. The van der Waals surface area contributed by atoms with E-state index in [1.807, 2.05) is 0 Å². The van der Waals surface area contributed by atoms with Crippen molar-refractivity contribution in [1.29, 1.82) is 0 Å². The molecule has 0 aromatic carbocycles. The molecule has 1 rings (SSSR count). The van der Waals surface area contributed by atoms with Crippen LogP contribution in [0.15, 0.2) is 0 Å². The van der Waals surface area contributed by atoms with Crippen molar-refractivity contribution < 1.29 is 8.42 Å². The third-order valence-electron chi connectivity index (χ3n) is 2.27. The van der Waals surface area contributed by atoms with Crippen molar-refractivity contribution in [3.05, 3.63) is 0 Å². The quantitative estimate of drug-likeness (QED) is 0.481. The summed E-state index contributed by atoms with van der Waals surface area (Å²) in [6.07, 6.45) is 5.08. The molecular weight excluding hydrogens is 200 g/mol. The summed E-state index contributed by atoms with van der Waals surface area (Å²) in [7, 11) is -2.75. The molecule has 0 aromatic rings. The molecule has 0 radical (unpaired) electrons. The minimum absolute atomic E-state index is 0.294. The number of nitrogens with zero attached hydrogens (tertiary/aromatic N) is 1. The predicted molar refractivity (Wildman–Crippen MR) is 56.8 cm³/mol. The van der Waals surface area contributed by atoms with Crippen LogP contribution < -0.4 is 5.32 Å². The normalized spacial score (nSPS) is 21.6. The standard InChI is InChI=1S/C9H16N2O2S/c1-2-3-10-4-5-11-6-8-14(12,13)9-7-11/h1,10H,3-9H2. The Kier molecular flexibility index (Phi) is 4.39. The third kappa shape index (κ3) is 4.09. The van der Waals surface area contributed by atoms with E-state index < -0.39 is 9.84 Å². The lowest BCUT2D eigenvalue weighted by molar-refractivity contribution is 0.296. The van der Waals surface area contributed by atoms with Crippen LogP contribution >= 0.6 is 0 Å². The molecule has 0 saturated carbocycles. The van der Waals surface area contributed by atoms with Gasteiger partial charge in [-0.15, -0.1) is 6.42 Å². The molecule has 0 atom stereocenters. The Morgan fingerprint density at radius 2 is 2.00 bits per heavy atom. The summed E-state index contributed by atoms with van der Waals surface area (Å²) in [4.78, 5) is 2.14. The number of sulfone groups is 1. The van der Waals surface area contributed by atoms with Crippen molar-refractivity contribution in [1.82, 2.24) is 10.2 Å². The first-order valence-corrected chi connectivity index (χ1v) is 6.53. The maximum absolute atomic E-state index is 11.1. The molecule has 1 aliphatic heterocycles. The molecule has 1 aliphatic rings. The fourth-order valence-corrected chi connectivity index (χ4v) is 2.65. The highest BCUT2D eigenvalue weighted by Crippen LogP contribution is 2.02. The van der Waals surface area contributed by atoms with Crippen molar-refractivity contribution in [3.63, 3.8) is 0 Å². The summed E-state index contributed by atoms with van der Waals surface area (Å²) in [6.45, 7) is 3.58. The van der Waals surface area contributed by atoms with E-state index in [0.717, 1.165) is 13.1 Å². The molecule has 80 valence electrons. The van der Waals surface area contributed by atoms with Crippen LogP contribution in [0.25, 0.3) is 0 Å². The summed E-state index contributed by atoms with van der Waals surface area (Å²) in [5, 5.41) is 3.08. The molecular formula is C9H16N2O2S. The van der Waals surface area contributed by atoms with Crippen LogP contribution in [0.4, 0.5) is 0 Å². The van der Waals surface area contributed by atoms with Crippen molar-refractivity contribution in [2.24, 2.45) is 0 Å². The van der Waals surface area contributed by atoms with Crippen molar-refractivity contribution in [2.45, 2.75) is 0 Å². The van der Waals surface area contributed by atoms with Crippen LogP contribution in [-0.4, -0.2) is 57.5 Å². The largest absolute Gasteiger partial charge is 0.305 e. The van der Waals surface area contributed by atoms with E-state index in [2.05, 4.69) is 16.1 Å². The van der Waals surface area contributed by atoms with E-state index in [4.69, 9.17) is 6.42 Å². The topological polar surface area (TPSA) is 49.4 Å². The van der Waals surface area contributed by atoms with Gasteiger partial charge in [0.15, 0.2) is 9.84 Å². The molecule has 5 heteroatoms. The van der Waals surface area contributed by atoms with E-state index in [-0.39, 0.29) is 0 Å². The fourth-order valence-electron chi connectivity index (χ4n) is 1.37. The highest BCUT2D eigenvalue weighted by molar-refractivity contribution is 7.91. The van der Waals surface area contributed by atoms with Crippen molar-refractivity contribution >= 4 is 9.84 Å².